The van der Waals surface area contributed by atoms with Crippen LogP contribution in [0.25, 0.3) is 0 Å². The first kappa shape index (κ1) is 14.4. The molecule has 2 aliphatic carbocycles. The van der Waals surface area contributed by atoms with Gasteiger partial charge in [0.15, 0.2) is 0 Å². The van der Waals surface area contributed by atoms with E-state index in [4.69, 9.17) is 0 Å². The lowest BCUT2D eigenvalue weighted by atomic mass is 9.86. The lowest BCUT2D eigenvalue weighted by Gasteiger charge is -2.29. The van der Waals surface area contributed by atoms with E-state index in [0.717, 1.165) is 44.9 Å². The van der Waals surface area contributed by atoms with Gasteiger partial charge < -0.3 is 10.6 Å². The van der Waals surface area contributed by atoms with E-state index < -0.39 is 11.8 Å². The average molecular weight is 266 g/mol. The lowest BCUT2D eigenvalue weighted by Crippen LogP contribution is -2.50. The zero-order chi connectivity index (χ0) is 13.7. The molecule has 0 heterocycles. The van der Waals surface area contributed by atoms with Gasteiger partial charge in [-0.3, -0.25) is 9.59 Å². The molecule has 19 heavy (non-hydrogen) atoms. The van der Waals surface area contributed by atoms with E-state index >= 15 is 0 Å². The number of hydrogen-bond donors (Lipinski definition) is 2. The van der Waals surface area contributed by atoms with Crippen LogP contribution in [0.2, 0.25) is 0 Å². The van der Waals surface area contributed by atoms with E-state index in [1.54, 1.807) is 0 Å². The van der Waals surface area contributed by atoms with Crippen molar-refractivity contribution in [3.05, 3.63) is 0 Å². The SMILES string of the molecule is C[C@H]1CCCC[C@@H]1NC(=O)C(=O)NC1CCCCC1. The van der Waals surface area contributed by atoms with Gasteiger partial charge in [-0.2, -0.15) is 0 Å². The van der Waals surface area contributed by atoms with E-state index in [2.05, 4.69) is 17.6 Å². The summed E-state index contributed by atoms with van der Waals surface area (Å²) in [5.41, 5.74) is 0. The second kappa shape index (κ2) is 6.92. The standard InChI is InChI=1S/C15H26N2O2/c1-11-7-5-6-10-13(11)17-15(19)14(18)16-12-8-3-2-4-9-12/h11-13H,2-10H2,1H3,(H,16,18)(H,17,19)/t11-,13-/m0/s1. The number of hydrogen-bond acceptors (Lipinski definition) is 2. The van der Waals surface area contributed by atoms with Crippen LogP contribution >= 0.6 is 0 Å². The van der Waals surface area contributed by atoms with E-state index in [1.165, 1.54) is 12.8 Å². The Bertz CT molecular complexity index is 324. The van der Waals surface area contributed by atoms with Gasteiger partial charge >= 0.3 is 11.8 Å². The molecule has 2 saturated carbocycles. The summed E-state index contributed by atoms with van der Waals surface area (Å²) in [6.07, 6.45) is 10.1. The predicted octanol–water partition coefficient (Wildman–Crippen LogP) is 2.13. The van der Waals surface area contributed by atoms with Crippen molar-refractivity contribution >= 4 is 11.8 Å². The van der Waals surface area contributed by atoms with Crippen molar-refractivity contribution in [3.8, 4) is 0 Å². The first-order valence-electron chi connectivity index (χ1n) is 7.78. The zero-order valence-corrected chi connectivity index (χ0v) is 11.9. The molecule has 0 radical (unpaired) electrons. The Morgan fingerprint density at radius 3 is 2.05 bits per heavy atom. The molecule has 2 N–H and O–H groups in total. The van der Waals surface area contributed by atoms with Gasteiger partial charge in [-0.1, -0.05) is 39.0 Å². The molecule has 2 amide bonds. The van der Waals surface area contributed by atoms with E-state index in [9.17, 15) is 9.59 Å². The van der Waals surface area contributed by atoms with E-state index in [0.29, 0.717) is 5.92 Å². The van der Waals surface area contributed by atoms with Crippen LogP contribution < -0.4 is 10.6 Å². The summed E-state index contributed by atoms with van der Waals surface area (Å²) >= 11 is 0. The van der Waals surface area contributed by atoms with Gasteiger partial charge in [-0.05, 0) is 31.6 Å². The van der Waals surface area contributed by atoms with Gasteiger partial charge in [0.1, 0.15) is 0 Å². The molecule has 4 heteroatoms. The number of nitrogens with one attached hydrogen (secondary N) is 2. The molecule has 0 unspecified atom stereocenters. The van der Waals surface area contributed by atoms with Gasteiger partial charge in [0, 0.05) is 12.1 Å². The molecule has 108 valence electrons. The summed E-state index contributed by atoms with van der Waals surface area (Å²) in [6.45, 7) is 2.16. The predicted molar refractivity (Wildman–Crippen MR) is 74.6 cm³/mol. The first-order valence-corrected chi connectivity index (χ1v) is 7.78. The molecule has 0 saturated heterocycles. The van der Waals surface area contributed by atoms with Crippen molar-refractivity contribution in [2.45, 2.75) is 76.8 Å². The van der Waals surface area contributed by atoms with Gasteiger partial charge in [0.2, 0.25) is 0 Å². The Morgan fingerprint density at radius 2 is 1.37 bits per heavy atom. The maximum atomic E-state index is 11.9. The van der Waals surface area contributed by atoms with Crippen molar-refractivity contribution < 1.29 is 9.59 Å². The largest absolute Gasteiger partial charge is 0.345 e. The second-order valence-corrected chi connectivity index (χ2v) is 6.15. The third-order valence-electron chi connectivity index (χ3n) is 4.57. The summed E-state index contributed by atoms with van der Waals surface area (Å²) in [4.78, 5) is 23.8. The molecule has 2 aliphatic rings. The second-order valence-electron chi connectivity index (χ2n) is 6.15. The molecule has 4 nitrogen and oxygen atoms in total. The van der Waals surface area contributed by atoms with Crippen LogP contribution in [0.15, 0.2) is 0 Å². The van der Waals surface area contributed by atoms with E-state index in [-0.39, 0.29) is 12.1 Å². The Kier molecular flexibility index (Phi) is 5.23. The number of amides is 2. The Balaban J connectivity index is 1.76. The molecule has 2 rings (SSSR count). The fraction of sp³-hybridized carbons (Fsp3) is 0.867. The van der Waals surface area contributed by atoms with Gasteiger partial charge in [-0.25, -0.2) is 0 Å². The Labute approximate surface area is 115 Å². The number of rotatable bonds is 2. The van der Waals surface area contributed by atoms with Crippen LogP contribution in [0.1, 0.15) is 64.7 Å². The highest BCUT2D eigenvalue weighted by Crippen LogP contribution is 2.23. The van der Waals surface area contributed by atoms with Gasteiger partial charge in [0.05, 0.1) is 0 Å². The lowest BCUT2D eigenvalue weighted by molar-refractivity contribution is -0.140. The van der Waals surface area contributed by atoms with Crippen LogP contribution in [0.4, 0.5) is 0 Å². The van der Waals surface area contributed by atoms with Crippen LogP contribution in [-0.2, 0) is 9.59 Å². The molecule has 0 aromatic rings. The molecular weight excluding hydrogens is 240 g/mol. The smallest absolute Gasteiger partial charge is 0.309 e. The highest BCUT2D eigenvalue weighted by molar-refractivity contribution is 6.35. The maximum absolute atomic E-state index is 11.9. The number of carbonyl (C=O) groups excluding carboxylic acids is 2. The summed E-state index contributed by atoms with van der Waals surface area (Å²) in [7, 11) is 0. The zero-order valence-electron chi connectivity index (χ0n) is 11.9. The minimum absolute atomic E-state index is 0.179. The molecule has 2 atom stereocenters. The third-order valence-corrected chi connectivity index (χ3v) is 4.57. The van der Waals surface area contributed by atoms with Gasteiger partial charge in [-0.15, -0.1) is 0 Å². The summed E-state index contributed by atoms with van der Waals surface area (Å²) in [5, 5.41) is 5.78. The fourth-order valence-electron chi connectivity index (χ4n) is 3.26. The molecular formula is C15H26N2O2. The van der Waals surface area contributed by atoms with Crippen LogP contribution in [0.5, 0.6) is 0 Å². The molecule has 0 aromatic carbocycles. The molecule has 0 aliphatic heterocycles. The topological polar surface area (TPSA) is 58.2 Å². The Morgan fingerprint density at radius 1 is 0.789 bits per heavy atom. The molecule has 0 bridgehead atoms. The van der Waals surface area contributed by atoms with Crippen molar-refractivity contribution in [2.75, 3.05) is 0 Å². The van der Waals surface area contributed by atoms with Gasteiger partial charge in [0.25, 0.3) is 0 Å². The minimum atomic E-state index is -0.440. The van der Waals surface area contributed by atoms with Crippen molar-refractivity contribution in [2.24, 2.45) is 5.92 Å². The quantitative estimate of drug-likeness (QED) is 0.752. The van der Waals surface area contributed by atoms with Crippen LogP contribution in [0.3, 0.4) is 0 Å². The van der Waals surface area contributed by atoms with Crippen LogP contribution in [0, 0.1) is 5.92 Å². The summed E-state index contributed by atoms with van der Waals surface area (Å²) in [5.74, 6) is -0.394. The third kappa shape index (κ3) is 4.22. The van der Waals surface area contributed by atoms with Crippen molar-refractivity contribution in [1.82, 2.24) is 10.6 Å². The first-order chi connectivity index (χ1) is 9.16. The summed E-state index contributed by atoms with van der Waals surface area (Å²) < 4.78 is 0. The summed E-state index contributed by atoms with van der Waals surface area (Å²) in [6, 6.07) is 0.383. The maximum Gasteiger partial charge on any atom is 0.309 e. The highest BCUT2D eigenvalue weighted by Gasteiger charge is 2.26. The Hall–Kier alpha value is -1.06. The monoisotopic (exact) mass is 266 g/mol. The van der Waals surface area contributed by atoms with Crippen LogP contribution in [-0.4, -0.2) is 23.9 Å². The fourth-order valence-corrected chi connectivity index (χ4v) is 3.26. The van der Waals surface area contributed by atoms with E-state index in [1.807, 2.05) is 0 Å². The molecule has 2 fully saturated rings. The highest BCUT2D eigenvalue weighted by atomic mass is 16.2. The number of carbonyl (C=O) groups is 2. The molecule has 0 spiro atoms. The normalized spacial score (nSPS) is 28.7. The molecule has 0 aromatic heterocycles. The minimum Gasteiger partial charge on any atom is -0.345 e. The van der Waals surface area contributed by atoms with Crippen molar-refractivity contribution in [1.29, 1.82) is 0 Å². The average Bonchev–Trinajstić information content (AvgIpc) is 2.42. The van der Waals surface area contributed by atoms with Crippen molar-refractivity contribution in [3.63, 3.8) is 0 Å².